The largest absolute Gasteiger partial charge is 0.361 e. The Balaban J connectivity index is 2.12. The number of amides is 2. The Morgan fingerprint density at radius 3 is 2.40 bits per heavy atom. The number of hydrazine groups is 1. The standard InChI is InChI=1S/C16H23FN4O2S2/c1-11(2)7-8-18-16(24)21-20-15(23)10-25-9-14(22)19-13-5-3-12(17)4-6-13/h3-6,11H,7-10H2,1-2H3,(H,19,22)(H,20,23)(H2,18,21,24). The molecule has 0 saturated carbocycles. The van der Waals surface area contributed by atoms with Crippen molar-refractivity contribution in [1.82, 2.24) is 16.2 Å². The van der Waals surface area contributed by atoms with Gasteiger partial charge in [-0.2, -0.15) is 0 Å². The molecule has 138 valence electrons. The molecule has 0 aliphatic carbocycles. The van der Waals surface area contributed by atoms with Gasteiger partial charge in [-0.1, -0.05) is 13.8 Å². The first-order valence-corrected chi connectivity index (χ1v) is 9.39. The molecule has 1 aromatic carbocycles. The van der Waals surface area contributed by atoms with E-state index in [1.807, 2.05) is 0 Å². The van der Waals surface area contributed by atoms with Crippen LogP contribution in [0.1, 0.15) is 20.3 Å². The summed E-state index contributed by atoms with van der Waals surface area (Å²) in [5.74, 6) is -0.119. The molecule has 0 saturated heterocycles. The minimum atomic E-state index is -0.367. The van der Waals surface area contributed by atoms with E-state index in [-0.39, 0.29) is 29.1 Å². The molecule has 0 heterocycles. The number of thioether (sulfide) groups is 1. The highest BCUT2D eigenvalue weighted by molar-refractivity contribution is 8.00. The lowest BCUT2D eigenvalue weighted by Gasteiger charge is -2.12. The van der Waals surface area contributed by atoms with Crippen LogP contribution in [0.5, 0.6) is 0 Å². The van der Waals surface area contributed by atoms with Crippen molar-refractivity contribution in [2.75, 3.05) is 23.4 Å². The number of thiocarbonyl (C=S) groups is 1. The van der Waals surface area contributed by atoms with E-state index in [0.717, 1.165) is 24.7 Å². The summed E-state index contributed by atoms with van der Waals surface area (Å²) < 4.78 is 12.8. The smallest absolute Gasteiger partial charge is 0.248 e. The predicted molar refractivity (Wildman–Crippen MR) is 104 cm³/mol. The maximum atomic E-state index is 12.8. The molecule has 0 aliphatic rings. The van der Waals surface area contributed by atoms with Crippen LogP contribution in [0.25, 0.3) is 0 Å². The van der Waals surface area contributed by atoms with Crippen LogP contribution in [0.15, 0.2) is 24.3 Å². The van der Waals surface area contributed by atoms with Crippen molar-refractivity contribution >= 4 is 46.6 Å². The Labute approximate surface area is 156 Å². The molecule has 0 bridgehead atoms. The number of anilines is 1. The number of halogens is 1. The van der Waals surface area contributed by atoms with E-state index in [1.54, 1.807) is 0 Å². The van der Waals surface area contributed by atoms with Gasteiger partial charge in [0.05, 0.1) is 11.5 Å². The second-order valence-electron chi connectivity index (χ2n) is 5.66. The topological polar surface area (TPSA) is 82.3 Å². The molecule has 2 amide bonds. The first-order chi connectivity index (χ1) is 11.9. The van der Waals surface area contributed by atoms with Crippen LogP contribution in [0.4, 0.5) is 10.1 Å². The number of carbonyl (C=O) groups is 2. The van der Waals surface area contributed by atoms with Crippen molar-refractivity contribution in [3.05, 3.63) is 30.1 Å². The number of hydrogen-bond acceptors (Lipinski definition) is 4. The molecule has 0 spiro atoms. The molecule has 0 unspecified atom stereocenters. The van der Waals surface area contributed by atoms with Gasteiger partial charge in [0.15, 0.2) is 5.11 Å². The van der Waals surface area contributed by atoms with E-state index >= 15 is 0 Å². The molecule has 6 nitrogen and oxygen atoms in total. The van der Waals surface area contributed by atoms with E-state index in [0.29, 0.717) is 16.7 Å². The lowest BCUT2D eigenvalue weighted by Crippen LogP contribution is -2.47. The molecule has 0 atom stereocenters. The van der Waals surface area contributed by atoms with Gasteiger partial charge in [-0.05, 0) is 48.8 Å². The summed E-state index contributed by atoms with van der Waals surface area (Å²) in [5.41, 5.74) is 5.58. The highest BCUT2D eigenvalue weighted by atomic mass is 32.2. The van der Waals surface area contributed by atoms with Crippen LogP contribution < -0.4 is 21.5 Å². The summed E-state index contributed by atoms with van der Waals surface area (Å²) in [4.78, 5) is 23.4. The van der Waals surface area contributed by atoms with E-state index in [9.17, 15) is 14.0 Å². The predicted octanol–water partition coefficient (Wildman–Crippen LogP) is 2.04. The van der Waals surface area contributed by atoms with Crippen LogP contribution in [-0.4, -0.2) is 35.0 Å². The number of carbonyl (C=O) groups excluding carboxylic acids is 2. The Kier molecular flexibility index (Phi) is 9.86. The van der Waals surface area contributed by atoms with Gasteiger partial charge >= 0.3 is 0 Å². The summed E-state index contributed by atoms with van der Waals surface area (Å²) >= 11 is 6.19. The lowest BCUT2D eigenvalue weighted by atomic mass is 10.1. The van der Waals surface area contributed by atoms with Gasteiger partial charge < -0.3 is 10.6 Å². The fraction of sp³-hybridized carbons (Fsp3) is 0.438. The van der Waals surface area contributed by atoms with Crippen molar-refractivity contribution in [2.45, 2.75) is 20.3 Å². The number of rotatable bonds is 8. The number of hydrogen-bond donors (Lipinski definition) is 4. The van der Waals surface area contributed by atoms with Crippen LogP contribution in [0.2, 0.25) is 0 Å². The highest BCUT2D eigenvalue weighted by Crippen LogP contribution is 2.09. The summed E-state index contributed by atoms with van der Waals surface area (Å²) in [6, 6.07) is 5.48. The van der Waals surface area contributed by atoms with Gasteiger partial charge in [-0.15, -0.1) is 11.8 Å². The average molecular weight is 387 g/mol. The molecule has 1 aromatic rings. The Hall–Kier alpha value is -1.87. The zero-order valence-corrected chi connectivity index (χ0v) is 15.9. The SMILES string of the molecule is CC(C)CCNC(=S)NNC(=O)CSCC(=O)Nc1ccc(F)cc1. The average Bonchev–Trinajstić information content (AvgIpc) is 2.55. The molecule has 0 aliphatic heterocycles. The van der Waals surface area contributed by atoms with Crippen molar-refractivity contribution in [3.63, 3.8) is 0 Å². The fourth-order valence-electron chi connectivity index (χ4n) is 1.65. The zero-order chi connectivity index (χ0) is 18.7. The normalized spacial score (nSPS) is 10.2. The minimum Gasteiger partial charge on any atom is -0.361 e. The molecule has 0 fully saturated rings. The fourth-order valence-corrected chi connectivity index (χ4v) is 2.42. The van der Waals surface area contributed by atoms with Crippen molar-refractivity contribution in [1.29, 1.82) is 0 Å². The summed E-state index contributed by atoms with van der Waals surface area (Å²) in [6.07, 6.45) is 0.981. The molecular formula is C16H23FN4O2S2. The summed E-state index contributed by atoms with van der Waals surface area (Å²) in [6.45, 7) is 4.96. The third-order valence-electron chi connectivity index (χ3n) is 2.92. The molecule has 0 aromatic heterocycles. The van der Waals surface area contributed by atoms with Gasteiger partial charge in [0, 0.05) is 12.2 Å². The van der Waals surface area contributed by atoms with E-state index in [1.165, 1.54) is 24.3 Å². The van der Waals surface area contributed by atoms with Gasteiger partial charge in [0.2, 0.25) is 11.8 Å². The summed E-state index contributed by atoms with van der Waals surface area (Å²) in [7, 11) is 0. The van der Waals surface area contributed by atoms with Crippen molar-refractivity contribution in [3.8, 4) is 0 Å². The van der Waals surface area contributed by atoms with Gasteiger partial charge in [0.1, 0.15) is 5.82 Å². The monoisotopic (exact) mass is 386 g/mol. The second kappa shape index (κ2) is 11.6. The van der Waals surface area contributed by atoms with Crippen molar-refractivity contribution in [2.24, 2.45) is 5.92 Å². The van der Waals surface area contributed by atoms with E-state index in [2.05, 4.69) is 35.3 Å². The van der Waals surface area contributed by atoms with E-state index in [4.69, 9.17) is 12.2 Å². The van der Waals surface area contributed by atoms with Gasteiger partial charge in [0.25, 0.3) is 0 Å². The molecule has 9 heteroatoms. The summed E-state index contributed by atoms with van der Waals surface area (Å²) in [5, 5.41) is 5.96. The first-order valence-electron chi connectivity index (χ1n) is 7.82. The van der Waals surface area contributed by atoms with Crippen LogP contribution in [0, 0.1) is 11.7 Å². The Morgan fingerprint density at radius 2 is 1.76 bits per heavy atom. The second-order valence-corrected chi connectivity index (χ2v) is 7.05. The first kappa shape index (κ1) is 21.2. The quantitative estimate of drug-likeness (QED) is 0.404. The molecular weight excluding hydrogens is 363 g/mol. The van der Waals surface area contributed by atoms with Crippen LogP contribution in [0.3, 0.4) is 0 Å². The molecule has 25 heavy (non-hydrogen) atoms. The molecule has 4 N–H and O–H groups in total. The molecule has 0 radical (unpaired) electrons. The van der Waals surface area contributed by atoms with Gasteiger partial charge in [-0.25, -0.2) is 4.39 Å². The maximum Gasteiger partial charge on any atom is 0.248 e. The number of benzene rings is 1. The van der Waals surface area contributed by atoms with Gasteiger partial charge in [-0.3, -0.25) is 20.4 Å². The molecule has 1 rings (SSSR count). The highest BCUT2D eigenvalue weighted by Gasteiger charge is 2.07. The third-order valence-corrected chi connectivity index (χ3v) is 4.10. The van der Waals surface area contributed by atoms with Crippen LogP contribution in [-0.2, 0) is 9.59 Å². The minimum absolute atomic E-state index is 0.110. The van der Waals surface area contributed by atoms with Crippen LogP contribution >= 0.6 is 24.0 Å². The zero-order valence-electron chi connectivity index (χ0n) is 14.2. The van der Waals surface area contributed by atoms with Crippen molar-refractivity contribution < 1.29 is 14.0 Å². The van der Waals surface area contributed by atoms with E-state index < -0.39 is 0 Å². The third kappa shape index (κ3) is 10.6. The maximum absolute atomic E-state index is 12.8. The lowest BCUT2D eigenvalue weighted by molar-refractivity contribution is -0.119. The number of nitrogens with one attached hydrogen (secondary N) is 4. The Morgan fingerprint density at radius 1 is 1.12 bits per heavy atom. The Bertz CT molecular complexity index is 582.